The topological polar surface area (TPSA) is 55.1 Å². The van der Waals surface area contributed by atoms with E-state index in [4.69, 9.17) is 17.3 Å². The zero-order valence-corrected chi connectivity index (χ0v) is 12.5. The molecular formula is C15H15ClN2OS. The maximum absolute atomic E-state index is 12.1. The van der Waals surface area contributed by atoms with E-state index in [9.17, 15) is 4.79 Å². The van der Waals surface area contributed by atoms with Gasteiger partial charge in [-0.25, -0.2) is 0 Å². The van der Waals surface area contributed by atoms with E-state index in [0.717, 1.165) is 10.6 Å². The minimum Gasteiger partial charge on any atom is -0.398 e. The van der Waals surface area contributed by atoms with Crippen LogP contribution in [0.3, 0.4) is 0 Å². The Bertz CT molecular complexity index is 604. The van der Waals surface area contributed by atoms with Gasteiger partial charge in [0.05, 0.1) is 16.0 Å². The van der Waals surface area contributed by atoms with Crippen LogP contribution in [-0.4, -0.2) is 11.2 Å². The molecule has 0 aliphatic rings. The van der Waals surface area contributed by atoms with Crippen molar-refractivity contribution in [1.82, 2.24) is 0 Å². The summed E-state index contributed by atoms with van der Waals surface area (Å²) in [5, 5.41) is 3.15. The Morgan fingerprint density at radius 1 is 1.25 bits per heavy atom. The van der Waals surface area contributed by atoms with Crippen LogP contribution in [0.25, 0.3) is 0 Å². The predicted molar refractivity (Wildman–Crippen MR) is 86.3 cm³/mol. The minimum atomic E-state index is -0.227. The molecule has 0 heterocycles. The number of halogens is 1. The van der Waals surface area contributed by atoms with Crippen LogP contribution in [0.2, 0.25) is 5.02 Å². The quantitative estimate of drug-likeness (QED) is 0.662. The summed E-state index contributed by atoms with van der Waals surface area (Å²) in [4.78, 5) is 13.0. The summed E-state index contributed by atoms with van der Waals surface area (Å²) in [5.74, 6) is -0.0471. The van der Waals surface area contributed by atoms with Crippen LogP contribution in [0.5, 0.6) is 0 Å². The summed E-state index contributed by atoms with van der Waals surface area (Å²) in [6.45, 7) is 1.85. The second kappa shape index (κ2) is 6.68. The van der Waals surface area contributed by atoms with Crippen molar-refractivity contribution in [2.75, 3.05) is 11.1 Å². The standard InChI is InChI=1S/C15H15ClN2OS/c1-10(15(19)18-11-5-3-2-4-6-11)20-12-7-8-14(17)13(16)9-12/h2-10H,17H2,1H3,(H,18,19). The third-order valence-electron chi connectivity index (χ3n) is 2.70. The first-order chi connectivity index (χ1) is 9.56. The molecule has 0 aliphatic carbocycles. The van der Waals surface area contributed by atoms with Gasteiger partial charge in [-0.2, -0.15) is 0 Å². The van der Waals surface area contributed by atoms with Crippen LogP contribution < -0.4 is 11.1 Å². The number of rotatable bonds is 4. The van der Waals surface area contributed by atoms with Crippen molar-refractivity contribution in [2.45, 2.75) is 17.1 Å². The smallest absolute Gasteiger partial charge is 0.237 e. The highest BCUT2D eigenvalue weighted by Gasteiger charge is 2.14. The zero-order valence-electron chi connectivity index (χ0n) is 11.0. The molecule has 3 N–H and O–H groups in total. The number of benzene rings is 2. The van der Waals surface area contributed by atoms with Crippen molar-refractivity contribution < 1.29 is 4.79 Å². The van der Waals surface area contributed by atoms with E-state index < -0.39 is 0 Å². The van der Waals surface area contributed by atoms with E-state index in [1.807, 2.05) is 43.3 Å². The molecule has 2 aromatic carbocycles. The predicted octanol–water partition coefficient (Wildman–Crippen LogP) is 4.04. The first-order valence-electron chi connectivity index (χ1n) is 6.14. The van der Waals surface area contributed by atoms with Crippen LogP contribution in [0.1, 0.15) is 6.92 Å². The molecule has 0 spiro atoms. The molecule has 20 heavy (non-hydrogen) atoms. The molecule has 2 aromatic rings. The molecule has 2 rings (SSSR count). The molecule has 1 atom stereocenters. The molecule has 0 aromatic heterocycles. The van der Waals surface area contributed by atoms with E-state index in [1.54, 1.807) is 12.1 Å². The highest BCUT2D eigenvalue weighted by Crippen LogP contribution is 2.29. The van der Waals surface area contributed by atoms with Crippen molar-refractivity contribution in [3.8, 4) is 0 Å². The van der Waals surface area contributed by atoms with Gasteiger partial charge in [-0.3, -0.25) is 4.79 Å². The van der Waals surface area contributed by atoms with Gasteiger partial charge in [0.25, 0.3) is 0 Å². The average Bonchev–Trinajstić information content (AvgIpc) is 2.44. The van der Waals surface area contributed by atoms with Crippen LogP contribution in [0.4, 0.5) is 11.4 Å². The molecular weight excluding hydrogens is 292 g/mol. The fourth-order valence-electron chi connectivity index (χ4n) is 1.60. The van der Waals surface area contributed by atoms with Crippen molar-refractivity contribution in [2.24, 2.45) is 0 Å². The highest BCUT2D eigenvalue weighted by atomic mass is 35.5. The van der Waals surface area contributed by atoms with Gasteiger partial charge >= 0.3 is 0 Å². The number of carbonyl (C=O) groups excluding carboxylic acids is 1. The monoisotopic (exact) mass is 306 g/mol. The lowest BCUT2D eigenvalue weighted by Gasteiger charge is -2.12. The Morgan fingerprint density at radius 3 is 2.60 bits per heavy atom. The van der Waals surface area contributed by atoms with Crippen LogP contribution >= 0.6 is 23.4 Å². The van der Waals surface area contributed by atoms with Crippen LogP contribution in [0.15, 0.2) is 53.4 Å². The van der Waals surface area contributed by atoms with Gasteiger partial charge in [-0.05, 0) is 37.3 Å². The maximum Gasteiger partial charge on any atom is 0.237 e. The third-order valence-corrected chi connectivity index (χ3v) is 4.12. The van der Waals surface area contributed by atoms with E-state index >= 15 is 0 Å². The SMILES string of the molecule is CC(Sc1ccc(N)c(Cl)c1)C(=O)Nc1ccccc1. The van der Waals surface area contributed by atoms with Crippen molar-refractivity contribution in [3.05, 3.63) is 53.6 Å². The number of nitrogen functional groups attached to an aromatic ring is 1. The molecule has 1 unspecified atom stereocenters. The van der Waals surface area contributed by atoms with E-state index in [2.05, 4.69) is 5.32 Å². The number of anilines is 2. The van der Waals surface area contributed by atoms with Gasteiger partial charge in [-0.1, -0.05) is 29.8 Å². The lowest BCUT2D eigenvalue weighted by molar-refractivity contribution is -0.115. The highest BCUT2D eigenvalue weighted by molar-refractivity contribution is 8.00. The fraction of sp³-hybridized carbons (Fsp3) is 0.133. The summed E-state index contributed by atoms with van der Waals surface area (Å²) < 4.78 is 0. The van der Waals surface area contributed by atoms with E-state index in [-0.39, 0.29) is 11.2 Å². The fourth-order valence-corrected chi connectivity index (χ4v) is 2.76. The molecule has 0 saturated heterocycles. The Kier molecular flexibility index (Phi) is 4.93. The Morgan fingerprint density at radius 2 is 1.95 bits per heavy atom. The van der Waals surface area contributed by atoms with Gasteiger partial charge in [0.15, 0.2) is 0 Å². The summed E-state index contributed by atoms with van der Waals surface area (Å²) in [5.41, 5.74) is 6.99. The zero-order chi connectivity index (χ0) is 14.5. The second-order valence-electron chi connectivity index (χ2n) is 4.30. The normalized spacial score (nSPS) is 11.9. The largest absolute Gasteiger partial charge is 0.398 e. The molecule has 5 heteroatoms. The van der Waals surface area contributed by atoms with E-state index in [1.165, 1.54) is 11.8 Å². The third kappa shape index (κ3) is 3.92. The van der Waals surface area contributed by atoms with E-state index in [0.29, 0.717) is 10.7 Å². The Hall–Kier alpha value is -1.65. The van der Waals surface area contributed by atoms with Crippen molar-refractivity contribution >= 4 is 40.6 Å². The number of hydrogen-bond acceptors (Lipinski definition) is 3. The molecule has 0 radical (unpaired) electrons. The first kappa shape index (κ1) is 14.8. The Balaban J connectivity index is 1.98. The van der Waals surface area contributed by atoms with Crippen LogP contribution in [0, 0.1) is 0 Å². The summed E-state index contributed by atoms with van der Waals surface area (Å²) >= 11 is 7.41. The molecule has 104 valence electrons. The van der Waals surface area contributed by atoms with Gasteiger partial charge in [0, 0.05) is 10.6 Å². The Labute approximate surface area is 127 Å². The number of hydrogen-bond donors (Lipinski definition) is 2. The molecule has 3 nitrogen and oxygen atoms in total. The lowest BCUT2D eigenvalue weighted by atomic mass is 10.3. The number of nitrogens with one attached hydrogen (secondary N) is 1. The number of carbonyl (C=O) groups is 1. The van der Waals surface area contributed by atoms with Gasteiger partial charge < -0.3 is 11.1 Å². The number of thioether (sulfide) groups is 1. The van der Waals surface area contributed by atoms with Crippen molar-refractivity contribution in [1.29, 1.82) is 0 Å². The number of para-hydroxylation sites is 1. The first-order valence-corrected chi connectivity index (χ1v) is 7.39. The minimum absolute atomic E-state index is 0.0471. The molecule has 0 saturated carbocycles. The summed E-state index contributed by atoms with van der Waals surface area (Å²) in [6, 6.07) is 14.8. The number of amides is 1. The maximum atomic E-state index is 12.1. The molecule has 0 fully saturated rings. The number of nitrogens with two attached hydrogens (primary N) is 1. The van der Waals surface area contributed by atoms with Gasteiger partial charge in [0.1, 0.15) is 0 Å². The summed E-state index contributed by atoms with van der Waals surface area (Å²) in [6.07, 6.45) is 0. The average molecular weight is 307 g/mol. The molecule has 0 bridgehead atoms. The molecule has 1 amide bonds. The van der Waals surface area contributed by atoms with Gasteiger partial charge in [-0.15, -0.1) is 11.8 Å². The van der Waals surface area contributed by atoms with Crippen LogP contribution in [-0.2, 0) is 4.79 Å². The second-order valence-corrected chi connectivity index (χ2v) is 6.12. The lowest BCUT2D eigenvalue weighted by Crippen LogP contribution is -2.22. The van der Waals surface area contributed by atoms with Gasteiger partial charge in [0.2, 0.25) is 5.91 Å². The summed E-state index contributed by atoms with van der Waals surface area (Å²) in [7, 11) is 0. The van der Waals surface area contributed by atoms with Crippen molar-refractivity contribution in [3.63, 3.8) is 0 Å². The molecule has 0 aliphatic heterocycles.